The van der Waals surface area contributed by atoms with Gasteiger partial charge >= 0.3 is 0 Å². The summed E-state index contributed by atoms with van der Waals surface area (Å²) in [4.78, 5) is 13.6. The number of carbonyl (C=O) groups excluding carboxylic acids is 1. The van der Waals surface area contributed by atoms with Crippen molar-refractivity contribution in [2.24, 2.45) is 5.92 Å². The molecule has 1 aromatic heterocycles. The summed E-state index contributed by atoms with van der Waals surface area (Å²) in [7, 11) is 1.84. The van der Waals surface area contributed by atoms with Crippen LogP contribution in [0.4, 0.5) is 0 Å². The molecule has 1 aromatic rings. The topological polar surface area (TPSA) is 63.9 Å². The van der Waals surface area contributed by atoms with Crippen LogP contribution in [0.3, 0.4) is 0 Å². The fraction of sp³-hybridized carbons (Fsp3) is 0.778. The van der Waals surface area contributed by atoms with Gasteiger partial charge in [-0.3, -0.25) is 4.79 Å². The molecule has 0 spiro atoms. The van der Waals surface area contributed by atoms with E-state index in [9.17, 15) is 4.79 Å². The van der Waals surface area contributed by atoms with E-state index in [-0.39, 0.29) is 12.5 Å². The first-order valence-corrected chi connectivity index (χ1v) is 5.15. The third kappa shape index (κ3) is 2.31. The minimum atomic E-state index is 0.0571. The van der Waals surface area contributed by atoms with Crippen LogP contribution in [0.15, 0.2) is 6.33 Å². The van der Waals surface area contributed by atoms with Crippen molar-refractivity contribution in [1.29, 1.82) is 0 Å². The van der Waals surface area contributed by atoms with Crippen LogP contribution in [0, 0.1) is 5.92 Å². The van der Waals surface area contributed by atoms with Crippen molar-refractivity contribution in [3.8, 4) is 0 Å². The van der Waals surface area contributed by atoms with Gasteiger partial charge in [-0.2, -0.15) is 0 Å². The Hall–Kier alpha value is -1.46. The zero-order valence-electron chi connectivity index (χ0n) is 9.00. The van der Waals surface area contributed by atoms with E-state index in [2.05, 4.69) is 22.4 Å². The molecule has 0 aliphatic heterocycles. The maximum atomic E-state index is 11.8. The number of amides is 1. The maximum Gasteiger partial charge on any atom is 0.244 e. The summed E-state index contributed by atoms with van der Waals surface area (Å²) >= 11 is 0. The van der Waals surface area contributed by atoms with Crippen LogP contribution in [0.25, 0.3) is 0 Å². The lowest BCUT2D eigenvalue weighted by Gasteiger charge is -2.24. The van der Waals surface area contributed by atoms with Crippen molar-refractivity contribution in [3.63, 3.8) is 0 Å². The second kappa shape index (κ2) is 3.96. The van der Waals surface area contributed by atoms with Gasteiger partial charge in [-0.25, -0.2) is 4.68 Å². The monoisotopic (exact) mass is 209 g/mol. The molecule has 0 bridgehead atoms. The Morgan fingerprint density at radius 1 is 1.67 bits per heavy atom. The molecule has 1 saturated carbocycles. The Bertz CT molecular complexity index is 332. The fourth-order valence-electron chi connectivity index (χ4n) is 1.62. The summed E-state index contributed by atoms with van der Waals surface area (Å²) in [5.41, 5.74) is 0. The first-order valence-electron chi connectivity index (χ1n) is 5.15. The number of hydrogen-bond donors (Lipinski definition) is 0. The summed E-state index contributed by atoms with van der Waals surface area (Å²) in [6.45, 7) is 2.32. The number of rotatable bonds is 4. The molecule has 1 aliphatic rings. The third-order valence-electron chi connectivity index (χ3n) is 3.00. The first-order chi connectivity index (χ1) is 7.18. The second-order valence-electron chi connectivity index (χ2n) is 4.09. The Kier molecular flexibility index (Phi) is 2.66. The van der Waals surface area contributed by atoms with Gasteiger partial charge in [0.15, 0.2) is 0 Å². The molecule has 1 aliphatic carbocycles. The summed E-state index contributed by atoms with van der Waals surface area (Å²) in [5.74, 6) is 0.745. The van der Waals surface area contributed by atoms with Crippen molar-refractivity contribution in [2.45, 2.75) is 32.4 Å². The Balaban J connectivity index is 1.89. The normalized spacial score (nSPS) is 17.5. The van der Waals surface area contributed by atoms with E-state index < -0.39 is 0 Å². The van der Waals surface area contributed by atoms with E-state index in [4.69, 9.17) is 0 Å². The van der Waals surface area contributed by atoms with E-state index in [1.54, 1.807) is 4.90 Å². The molecule has 6 nitrogen and oxygen atoms in total. The van der Waals surface area contributed by atoms with Crippen LogP contribution in [-0.4, -0.2) is 44.1 Å². The highest BCUT2D eigenvalue weighted by molar-refractivity contribution is 5.75. The maximum absolute atomic E-state index is 11.8. The number of carbonyl (C=O) groups is 1. The molecule has 0 saturated heterocycles. The van der Waals surface area contributed by atoms with Crippen LogP contribution >= 0.6 is 0 Å². The molecule has 82 valence electrons. The molecule has 15 heavy (non-hydrogen) atoms. The van der Waals surface area contributed by atoms with E-state index >= 15 is 0 Å². The molecular weight excluding hydrogens is 194 g/mol. The molecule has 0 unspecified atom stereocenters. The molecular formula is C9H15N5O. The summed E-state index contributed by atoms with van der Waals surface area (Å²) in [6, 6.07) is 0.328. The largest absolute Gasteiger partial charge is 0.341 e. The third-order valence-corrected chi connectivity index (χ3v) is 3.00. The summed E-state index contributed by atoms with van der Waals surface area (Å²) in [6.07, 6.45) is 3.93. The Labute approximate surface area is 88.2 Å². The average molecular weight is 209 g/mol. The quantitative estimate of drug-likeness (QED) is 0.696. The van der Waals surface area contributed by atoms with Crippen LogP contribution in [0.2, 0.25) is 0 Å². The molecule has 1 heterocycles. The fourth-order valence-corrected chi connectivity index (χ4v) is 1.62. The molecule has 1 atom stereocenters. The van der Waals surface area contributed by atoms with Crippen LogP contribution < -0.4 is 0 Å². The highest BCUT2D eigenvalue weighted by Crippen LogP contribution is 2.34. The van der Waals surface area contributed by atoms with E-state index in [1.807, 2.05) is 7.05 Å². The SMILES string of the molecule is C[C@@H](C1CC1)N(C)C(=O)Cn1cnnn1. The van der Waals surface area contributed by atoms with Crippen LogP contribution in [0.5, 0.6) is 0 Å². The molecule has 1 amide bonds. The van der Waals surface area contributed by atoms with Gasteiger partial charge in [-0.1, -0.05) is 0 Å². The molecule has 6 heteroatoms. The predicted octanol–water partition coefficient (Wildman–Crippen LogP) is -0.0700. The van der Waals surface area contributed by atoms with Crippen molar-refractivity contribution < 1.29 is 4.79 Å². The highest BCUT2D eigenvalue weighted by atomic mass is 16.2. The molecule has 0 aromatic carbocycles. The van der Waals surface area contributed by atoms with Gasteiger partial charge in [0.1, 0.15) is 12.9 Å². The number of aromatic nitrogens is 4. The summed E-state index contributed by atoms with van der Waals surface area (Å²) in [5, 5.41) is 10.6. The lowest BCUT2D eigenvalue weighted by Crippen LogP contribution is -2.38. The van der Waals surface area contributed by atoms with E-state index in [1.165, 1.54) is 23.9 Å². The van der Waals surface area contributed by atoms with Gasteiger partial charge in [0.05, 0.1) is 0 Å². The molecule has 2 rings (SSSR count). The number of nitrogens with zero attached hydrogens (tertiary/aromatic N) is 5. The Morgan fingerprint density at radius 3 is 2.93 bits per heavy atom. The predicted molar refractivity (Wildman–Crippen MR) is 52.8 cm³/mol. The smallest absolute Gasteiger partial charge is 0.244 e. The average Bonchev–Trinajstić information content (AvgIpc) is 2.96. The lowest BCUT2D eigenvalue weighted by atomic mass is 10.2. The van der Waals surface area contributed by atoms with Crippen LogP contribution in [0.1, 0.15) is 19.8 Å². The van der Waals surface area contributed by atoms with Crippen molar-refractivity contribution in [2.75, 3.05) is 7.05 Å². The van der Waals surface area contributed by atoms with Gasteiger partial charge < -0.3 is 4.90 Å². The Morgan fingerprint density at radius 2 is 2.40 bits per heavy atom. The van der Waals surface area contributed by atoms with Gasteiger partial charge in [0.2, 0.25) is 5.91 Å². The van der Waals surface area contributed by atoms with Crippen LogP contribution in [-0.2, 0) is 11.3 Å². The van der Waals surface area contributed by atoms with Crippen molar-refractivity contribution >= 4 is 5.91 Å². The zero-order valence-corrected chi connectivity index (χ0v) is 9.00. The van der Waals surface area contributed by atoms with Gasteiger partial charge in [-0.15, -0.1) is 5.10 Å². The minimum absolute atomic E-state index is 0.0571. The summed E-state index contributed by atoms with van der Waals surface area (Å²) < 4.78 is 1.44. The minimum Gasteiger partial charge on any atom is -0.341 e. The molecule has 1 fully saturated rings. The molecule has 0 radical (unpaired) electrons. The standard InChI is InChI=1S/C9H15N5O/c1-7(8-3-4-8)13(2)9(15)5-14-6-10-11-12-14/h6-8H,3-5H2,1-2H3/t7-/m0/s1. The number of likely N-dealkylation sites (N-methyl/N-ethyl adjacent to an activating group) is 1. The first kappa shape index (κ1) is 10.1. The number of hydrogen-bond acceptors (Lipinski definition) is 4. The molecule has 0 N–H and O–H groups in total. The zero-order chi connectivity index (χ0) is 10.8. The van der Waals surface area contributed by atoms with Crippen molar-refractivity contribution in [3.05, 3.63) is 6.33 Å². The van der Waals surface area contributed by atoms with Gasteiger partial charge in [0.25, 0.3) is 0 Å². The number of tetrazole rings is 1. The van der Waals surface area contributed by atoms with E-state index in [0.717, 1.165) is 0 Å². The van der Waals surface area contributed by atoms with Gasteiger partial charge in [0, 0.05) is 13.1 Å². The van der Waals surface area contributed by atoms with Crippen molar-refractivity contribution in [1.82, 2.24) is 25.1 Å². The van der Waals surface area contributed by atoms with Gasteiger partial charge in [-0.05, 0) is 36.1 Å². The van der Waals surface area contributed by atoms with E-state index in [0.29, 0.717) is 12.0 Å². The highest BCUT2D eigenvalue weighted by Gasteiger charge is 2.32. The second-order valence-corrected chi connectivity index (χ2v) is 4.09. The lowest BCUT2D eigenvalue weighted by molar-refractivity contribution is -0.132.